The molecule has 1 saturated heterocycles. The predicted octanol–water partition coefficient (Wildman–Crippen LogP) is 2.60. The molecule has 1 amide bonds. The molecule has 1 aliphatic heterocycles. The summed E-state index contributed by atoms with van der Waals surface area (Å²) in [6.07, 6.45) is 0.544. The Labute approximate surface area is 116 Å². The highest BCUT2D eigenvalue weighted by Crippen LogP contribution is 2.24. The fourth-order valence-electron chi connectivity index (χ4n) is 2.36. The van der Waals surface area contributed by atoms with Gasteiger partial charge < -0.3 is 10.0 Å². The largest absolute Gasteiger partial charge is 0.393 e. The van der Waals surface area contributed by atoms with Gasteiger partial charge in [0.25, 0.3) is 5.91 Å². The number of carbonyl (C=O) groups is 1. The van der Waals surface area contributed by atoms with Gasteiger partial charge in [-0.1, -0.05) is 22.0 Å². The minimum atomic E-state index is -0.341. The number of amides is 1. The average Bonchev–Trinajstić information content (AvgIpc) is 2.81. The van der Waals surface area contributed by atoms with Crippen molar-refractivity contribution in [3.63, 3.8) is 0 Å². The number of likely N-dealkylation sites (tertiary alicyclic amines) is 1. The van der Waals surface area contributed by atoms with E-state index < -0.39 is 0 Å². The van der Waals surface area contributed by atoms with Crippen LogP contribution in [0, 0.1) is 12.8 Å². The van der Waals surface area contributed by atoms with Gasteiger partial charge in [0.15, 0.2) is 0 Å². The third-order valence-corrected chi connectivity index (χ3v) is 4.12. The molecular formula is C14H18BrNO2. The lowest BCUT2D eigenvalue weighted by molar-refractivity contribution is 0.0761. The second kappa shape index (κ2) is 5.41. The van der Waals surface area contributed by atoms with Crippen LogP contribution in [0.3, 0.4) is 0 Å². The van der Waals surface area contributed by atoms with Crippen LogP contribution in [0.1, 0.15) is 29.3 Å². The SMILES string of the molecule is Cc1ccc(Br)cc1C(=O)N1CCC(C(C)O)C1. The van der Waals surface area contributed by atoms with Crippen LogP contribution in [0.15, 0.2) is 22.7 Å². The van der Waals surface area contributed by atoms with E-state index in [1.54, 1.807) is 6.92 Å². The van der Waals surface area contributed by atoms with Gasteiger partial charge in [-0.2, -0.15) is 0 Å². The summed E-state index contributed by atoms with van der Waals surface area (Å²) in [7, 11) is 0. The zero-order chi connectivity index (χ0) is 13.3. The van der Waals surface area contributed by atoms with Crippen molar-refractivity contribution in [3.05, 3.63) is 33.8 Å². The fraction of sp³-hybridized carbons (Fsp3) is 0.500. The molecule has 1 N–H and O–H groups in total. The highest BCUT2D eigenvalue weighted by atomic mass is 79.9. The molecule has 2 unspecified atom stereocenters. The second-order valence-corrected chi connectivity index (χ2v) is 5.92. The Kier molecular flexibility index (Phi) is 4.07. The van der Waals surface area contributed by atoms with Crippen LogP contribution in [0.5, 0.6) is 0 Å². The van der Waals surface area contributed by atoms with Crippen molar-refractivity contribution >= 4 is 21.8 Å². The molecule has 0 bridgehead atoms. The molecule has 2 rings (SSSR count). The molecule has 0 spiro atoms. The van der Waals surface area contributed by atoms with Gasteiger partial charge in [-0.3, -0.25) is 4.79 Å². The van der Waals surface area contributed by atoms with Crippen LogP contribution in [0.2, 0.25) is 0 Å². The van der Waals surface area contributed by atoms with Gasteiger partial charge in [0.05, 0.1) is 6.10 Å². The number of hydrogen-bond donors (Lipinski definition) is 1. The predicted molar refractivity (Wildman–Crippen MR) is 74.6 cm³/mol. The van der Waals surface area contributed by atoms with Crippen molar-refractivity contribution in [1.82, 2.24) is 4.90 Å². The molecule has 1 aromatic carbocycles. The van der Waals surface area contributed by atoms with E-state index in [4.69, 9.17) is 0 Å². The second-order valence-electron chi connectivity index (χ2n) is 5.00. The first kappa shape index (κ1) is 13.6. The Hall–Kier alpha value is -0.870. The first-order valence-electron chi connectivity index (χ1n) is 6.22. The summed E-state index contributed by atoms with van der Waals surface area (Å²) >= 11 is 3.40. The van der Waals surface area contributed by atoms with Crippen molar-refractivity contribution in [2.45, 2.75) is 26.4 Å². The van der Waals surface area contributed by atoms with E-state index in [1.165, 1.54) is 0 Å². The van der Waals surface area contributed by atoms with Gasteiger partial charge in [0, 0.05) is 29.0 Å². The molecule has 0 aromatic heterocycles. The number of hydrogen-bond acceptors (Lipinski definition) is 2. The summed E-state index contributed by atoms with van der Waals surface area (Å²) in [6.45, 7) is 5.13. The van der Waals surface area contributed by atoms with Crippen molar-refractivity contribution in [1.29, 1.82) is 0 Å². The van der Waals surface area contributed by atoms with Crippen LogP contribution < -0.4 is 0 Å². The standard InChI is InChI=1S/C14H18BrNO2/c1-9-3-4-12(15)7-13(9)14(18)16-6-5-11(8-16)10(2)17/h3-4,7,10-11,17H,5-6,8H2,1-2H3. The van der Waals surface area contributed by atoms with Crippen molar-refractivity contribution < 1.29 is 9.90 Å². The lowest BCUT2D eigenvalue weighted by Crippen LogP contribution is -2.30. The Morgan fingerprint density at radius 3 is 2.89 bits per heavy atom. The van der Waals surface area contributed by atoms with Gasteiger partial charge in [-0.15, -0.1) is 0 Å². The fourth-order valence-corrected chi connectivity index (χ4v) is 2.72. The van der Waals surface area contributed by atoms with Crippen molar-refractivity contribution in [2.24, 2.45) is 5.92 Å². The van der Waals surface area contributed by atoms with Crippen molar-refractivity contribution in [2.75, 3.05) is 13.1 Å². The zero-order valence-electron chi connectivity index (χ0n) is 10.7. The average molecular weight is 312 g/mol. The number of halogens is 1. The maximum absolute atomic E-state index is 12.4. The van der Waals surface area contributed by atoms with Crippen LogP contribution in [0.25, 0.3) is 0 Å². The molecule has 98 valence electrons. The summed E-state index contributed by atoms with van der Waals surface area (Å²) in [5, 5.41) is 9.58. The number of benzene rings is 1. The minimum Gasteiger partial charge on any atom is -0.393 e. The number of nitrogens with zero attached hydrogens (tertiary/aromatic N) is 1. The third kappa shape index (κ3) is 2.75. The molecule has 0 radical (unpaired) electrons. The smallest absolute Gasteiger partial charge is 0.254 e. The summed E-state index contributed by atoms with van der Waals surface area (Å²) in [5.41, 5.74) is 1.74. The topological polar surface area (TPSA) is 40.5 Å². The minimum absolute atomic E-state index is 0.0666. The molecule has 1 aliphatic rings. The van der Waals surface area contributed by atoms with E-state index in [1.807, 2.05) is 30.0 Å². The Bertz CT molecular complexity index is 459. The number of aliphatic hydroxyl groups is 1. The molecule has 4 heteroatoms. The molecule has 2 atom stereocenters. The lowest BCUT2D eigenvalue weighted by Gasteiger charge is -2.19. The Morgan fingerprint density at radius 2 is 2.28 bits per heavy atom. The van der Waals surface area contributed by atoms with Crippen LogP contribution in [-0.4, -0.2) is 35.1 Å². The van der Waals surface area contributed by atoms with Gasteiger partial charge in [0.2, 0.25) is 0 Å². The van der Waals surface area contributed by atoms with Crippen LogP contribution in [-0.2, 0) is 0 Å². The first-order chi connectivity index (χ1) is 8.49. The number of rotatable bonds is 2. The lowest BCUT2D eigenvalue weighted by atomic mass is 10.0. The molecule has 1 heterocycles. The molecule has 18 heavy (non-hydrogen) atoms. The van der Waals surface area contributed by atoms with Gasteiger partial charge in [0.1, 0.15) is 0 Å². The van der Waals surface area contributed by atoms with E-state index >= 15 is 0 Å². The summed E-state index contributed by atoms with van der Waals surface area (Å²) in [5.74, 6) is 0.276. The normalized spacial score (nSPS) is 21.1. The Balaban J connectivity index is 2.15. The van der Waals surface area contributed by atoms with Crippen LogP contribution in [0.4, 0.5) is 0 Å². The maximum Gasteiger partial charge on any atom is 0.254 e. The monoisotopic (exact) mass is 311 g/mol. The molecule has 0 aliphatic carbocycles. The van der Waals surface area contributed by atoms with E-state index in [9.17, 15) is 9.90 Å². The first-order valence-corrected chi connectivity index (χ1v) is 7.02. The molecule has 3 nitrogen and oxygen atoms in total. The molecular weight excluding hydrogens is 294 g/mol. The zero-order valence-corrected chi connectivity index (χ0v) is 12.3. The summed E-state index contributed by atoms with van der Waals surface area (Å²) in [4.78, 5) is 14.3. The number of carbonyl (C=O) groups excluding carboxylic acids is 1. The number of aliphatic hydroxyl groups excluding tert-OH is 1. The molecule has 0 saturated carbocycles. The third-order valence-electron chi connectivity index (χ3n) is 3.62. The van der Waals surface area contributed by atoms with E-state index in [0.717, 1.165) is 28.6 Å². The summed E-state index contributed by atoms with van der Waals surface area (Å²) < 4.78 is 0.919. The van der Waals surface area contributed by atoms with Gasteiger partial charge in [-0.25, -0.2) is 0 Å². The van der Waals surface area contributed by atoms with Gasteiger partial charge >= 0.3 is 0 Å². The maximum atomic E-state index is 12.4. The Morgan fingerprint density at radius 1 is 1.56 bits per heavy atom. The quantitative estimate of drug-likeness (QED) is 0.912. The highest BCUT2D eigenvalue weighted by Gasteiger charge is 2.30. The van der Waals surface area contributed by atoms with Crippen LogP contribution >= 0.6 is 15.9 Å². The molecule has 1 fully saturated rings. The number of aryl methyl sites for hydroxylation is 1. The van der Waals surface area contributed by atoms with Crippen molar-refractivity contribution in [3.8, 4) is 0 Å². The highest BCUT2D eigenvalue weighted by molar-refractivity contribution is 9.10. The summed E-state index contributed by atoms with van der Waals surface area (Å²) in [6, 6.07) is 5.75. The van der Waals surface area contributed by atoms with E-state index in [2.05, 4.69) is 15.9 Å². The van der Waals surface area contributed by atoms with E-state index in [-0.39, 0.29) is 17.9 Å². The van der Waals surface area contributed by atoms with Gasteiger partial charge in [-0.05, 0) is 38.0 Å². The molecule has 1 aromatic rings. The van der Waals surface area contributed by atoms with E-state index in [0.29, 0.717) is 6.54 Å².